The van der Waals surface area contributed by atoms with Gasteiger partial charge in [-0.05, 0) is 64.2 Å². The summed E-state index contributed by atoms with van der Waals surface area (Å²) < 4.78 is 27.4. The molecule has 2 aromatic rings. The van der Waals surface area contributed by atoms with E-state index in [2.05, 4.69) is 4.98 Å². The number of nitrogens with one attached hydrogen (secondary N) is 1. The first-order valence-electron chi connectivity index (χ1n) is 13.6. The second kappa shape index (κ2) is 17.3. The first-order chi connectivity index (χ1) is 18.6. The Bertz CT molecular complexity index is 956. The lowest BCUT2D eigenvalue weighted by atomic mass is 10.1. The minimum absolute atomic E-state index is 0.00429. The quantitative estimate of drug-likeness (QED) is 0.374. The summed E-state index contributed by atoms with van der Waals surface area (Å²) >= 11 is 0. The van der Waals surface area contributed by atoms with Crippen molar-refractivity contribution in [3.8, 4) is 0 Å². The number of hydrogen-bond donors (Lipinski definition) is 3. The number of ether oxygens (including phenoxy) is 4. The highest BCUT2D eigenvalue weighted by molar-refractivity contribution is 5.14. The molecule has 2 aliphatic rings. The number of aliphatic hydroxyl groups excluding tert-OH is 2. The van der Waals surface area contributed by atoms with Crippen molar-refractivity contribution in [3.63, 3.8) is 0 Å². The standard InChI is InChI=1S/C14H21NO4.C14H20O5/c16-6-3-4-11-9-15-12(8-13(11)17)10-19-14-5-1-2-7-18-14;15-6-3-4-11-9-18-12(8-13(11)16)10-19-14-5-1-2-7-17-14/h8-9,14,16H,1-7,10H2,(H,15,17);8-9,14-15H,1-7,10H2. The van der Waals surface area contributed by atoms with Gasteiger partial charge in [0.15, 0.2) is 23.4 Å². The van der Waals surface area contributed by atoms with Gasteiger partial charge < -0.3 is 38.6 Å². The molecule has 3 N–H and O–H groups in total. The zero-order chi connectivity index (χ0) is 27.0. The van der Waals surface area contributed by atoms with Crippen LogP contribution in [0.15, 0.2) is 38.6 Å². The van der Waals surface area contributed by atoms with E-state index >= 15 is 0 Å². The Kier molecular flexibility index (Phi) is 13.7. The maximum Gasteiger partial charge on any atom is 0.188 e. The molecule has 0 aliphatic carbocycles. The van der Waals surface area contributed by atoms with E-state index in [0.29, 0.717) is 49.2 Å². The zero-order valence-corrected chi connectivity index (χ0v) is 22.0. The average molecular weight is 536 g/mol. The average Bonchev–Trinajstić information content (AvgIpc) is 2.95. The van der Waals surface area contributed by atoms with Crippen LogP contribution in [0.2, 0.25) is 0 Å². The highest BCUT2D eigenvalue weighted by atomic mass is 16.7. The van der Waals surface area contributed by atoms with Crippen LogP contribution in [0.1, 0.15) is 73.9 Å². The molecule has 2 aliphatic heterocycles. The van der Waals surface area contributed by atoms with Gasteiger partial charge in [0.2, 0.25) is 0 Å². The van der Waals surface area contributed by atoms with E-state index in [4.69, 9.17) is 33.6 Å². The Hall–Kier alpha value is -2.34. The van der Waals surface area contributed by atoms with E-state index < -0.39 is 0 Å². The number of pyridine rings is 1. The second-order valence-electron chi connectivity index (χ2n) is 9.45. The Labute approximate surface area is 222 Å². The Morgan fingerprint density at radius 1 is 0.816 bits per heavy atom. The first kappa shape index (κ1) is 30.2. The molecule has 38 heavy (non-hydrogen) atoms. The first-order valence-corrected chi connectivity index (χ1v) is 13.6. The van der Waals surface area contributed by atoms with Gasteiger partial charge in [0.05, 0.1) is 12.9 Å². The number of hydrogen-bond acceptors (Lipinski definition) is 9. The predicted molar refractivity (Wildman–Crippen MR) is 140 cm³/mol. The lowest BCUT2D eigenvalue weighted by Crippen LogP contribution is -2.22. The second-order valence-corrected chi connectivity index (χ2v) is 9.45. The van der Waals surface area contributed by atoms with E-state index in [1.54, 1.807) is 12.3 Å². The Balaban J connectivity index is 0.000000211. The van der Waals surface area contributed by atoms with Gasteiger partial charge in [-0.1, -0.05) is 0 Å². The Morgan fingerprint density at radius 2 is 1.42 bits per heavy atom. The van der Waals surface area contributed by atoms with Crippen molar-refractivity contribution in [1.82, 2.24) is 4.98 Å². The van der Waals surface area contributed by atoms with Crippen LogP contribution in [0.3, 0.4) is 0 Å². The summed E-state index contributed by atoms with van der Waals surface area (Å²) in [6.07, 6.45) is 11.3. The van der Waals surface area contributed by atoms with Gasteiger partial charge >= 0.3 is 0 Å². The van der Waals surface area contributed by atoms with E-state index in [0.717, 1.165) is 57.4 Å². The molecular weight excluding hydrogens is 494 g/mol. The van der Waals surface area contributed by atoms with Gasteiger partial charge in [-0.25, -0.2) is 0 Å². The molecule has 2 aromatic heterocycles. The molecule has 10 nitrogen and oxygen atoms in total. The molecule has 0 spiro atoms. The molecule has 2 fully saturated rings. The van der Waals surface area contributed by atoms with E-state index in [9.17, 15) is 9.59 Å². The molecule has 2 unspecified atom stereocenters. The van der Waals surface area contributed by atoms with Crippen molar-refractivity contribution in [1.29, 1.82) is 0 Å². The summed E-state index contributed by atoms with van der Waals surface area (Å²) in [7, 11) is 0. The van der Waals surface area contributed by atoms with Crippen molar-refractivity contribution in [2.24, 2.45) is 0 Å². The van der Waals surface area contributed by atoms with E-state index in [-0.39, 0.29) is 43.3 Å². The third-order valence-corrected chi connectivity index (χ3v) is 6.34. The smallest absolute Gasteiger partial charge is 0.188 e. The number of rotatable bonds is 12. The molecular formula is C28H41NO9. The van der Waals surface area contributed by atoms with Crippen molar-refractivity contribution in [3.05, 3.63) is 67.6 Å². The zero-order valence-electron chi connectivity index (χ0n) is 22.0. The fraction of sp³-hybridized carbons (Fsp3) is 0.643. The van der Waals surface area contributed by atoms with Crippen molar-refractivity contribution < 1.29 is 33.6 Å². The van der Waals surface area contributed by atoms with Crippen molar-refractivity contribution in [2.75, 3.05) is 26.4 Å². The summed E-state index contributed by atoms with van der Waals surface area (Å²) in [5, 5.41) is 17.5. The SMILES string of the molecule is O=c1cc(COC2CCCCO2)[nH]cc1CCCO.O=c1cc(COC2CCCCO2)occ1CCCO. The minimum atomic E-state index is -0.187. The number of H-pyrrole nitrogens is 1. The summed E-state index contributed by atoms with van der Waals surface area (Å²) in [5.41, 5.74) is 1.98. The van der Waals surface area contributed by atoms with Crippen molar-refractivity contribution in [2.45, 2.75) is 90.0 Å². The van der Waals surface area contributed by atoms with Gasteiger partial charge in [0, 0.05) is 61.6 Å². The van der Waals surface area contributed by atoms with Crippen LogP contribution in [-0.4, -0.2) is 54.2 Å². The van der Waals surface area contributed by atoms with Gasteiger partial charge in [-0.2, -0.15) is 0 Å². The molecule has 0 amide bonds. The van der Waals surface area contributed by atoms with Crippen LogP contribution in [0, 0.1) is 0 Å². The molecule has 0 radical (unpaired) electrons. The molecule has 2 atom stereocenters. The fourth-order valence-electron chi connectivity index (χ4n) is 4.14. The predicted octanol–water partition coefficient (Wildman–Crippen LogP) is 2.95. The maximum atomic E-state index is 11.8. The van der Waals surface area contributed by atoms with Gasteiger partial charge in [-0.15, -0.1) is 0 Å². The molecule has 0 bridgehead atoms. The highest BCUT2D eigenvalue weighted by Crippen LogP contribution is 2.16. The highest BCUT2D eigenvalue weighted by Gasteiger charge is 2.15. The van der Waals surface area contributed by atoms with Crippen LogP contribution in [0.4, 0.5) is 0 Å². The topological polar surface area (TPSA) is 140 Å². The third-order valence-electron chi connectivity index (χ3n) is 6.34. The molecule has 0 saturated carbocycles. The monoisotopic (exact) mass is 535 g/mol. The number of aryl methyl sites for hydroxylation is 2. The molecule has 2 saturated heterocycles. The van der Waals surface area contributed by atoms with Crippen LogP contribution in [-0.2, 0) is 45.0 Å². The third kappa shape index (κ3) is 10.8. The fourth-order valence-corrected chi connectivity index (χ4v) is 4.14. The summed E-state index contributed by atoms with van der Waals surface area (Å²) in [4.78, 5) is 26.6. The normalized spacial score (nSPS) is 19.5. The number of aromatic nitrogens is 1. The van der Waals surface area contributed by atoms with Crippen LogP contribution < -0.4 is 10.9 Å². The van der Waals surface area contributed by atoms with Crippen LogP contribution >= 0.6 is 0 Å². The summed E-state index contributed by atoms with van der Waals surface area (Å²) in [6.45, 7) is 2.27. The number of aromatic amines is 1. The van der Waals surface area contributed by atoms with Crippen molar-refractivity contribution >= 4 is 0 Å². The molecule has 10 heteroatoms. The van der Waals surface area contributed by atoms with Gasteiger partial charge in [-0.3, -0.25) is 9.59 Å². The Morgan fingerprint density at radius 3 is 1.97 bits per heavy atom. The van der Waals surface area contributed by atoms with Gasteiger partial charge in [0.1, 0.15) is 12.4 Å². The summed E-state index contributed by atoms with van der Waals surface area (Å²) in [5.74, 6) is 0.506. The van der Waals surface area contributed by atoms with E-state index in [1.165, 1.54) is 12.3 Å². The maximum absolute atomic E-state index is 11.8. The van der Waals surface area contributed by atoms with Crippen LogP contribution in [0.25, 0.3) is 0 Å². The van der Waals surface area contributed by atoms with E-state index in [1.807, 2.05) is 0 Å². The largest absolute Gasteiger partial charge is 0.466 e. The molecule has 4 heterocycles. The van der Waals surface area contributed by atoms with Crippen LogP contribution in [0.5, 0.6) is 0 Å². The minimum Gasteiger partial charge on any atom is -0.466 e. The lowest BCUT2D eigenvalue weighted by molar-refractivity contribution is -0.171. The summed E-state index contributed by atoms with van der Waals surface area (Å²) in [6, 6.07) is 3.02. The molecule has 0 aromatic carbocycles. The van der Waals surface area contributed by atoms with Gasteiger partial charge in [0.25, 0.3) is 0 Å². The molecule has 212 valence electrons. The number of aliphatic hydroxyl groups is 2. The molecule has 4 rings (SSSR count). The lowest BCUT2D eigenvalue weighted by Gasteiger charge is -2.22.